The van der Waals surface area contributed by atoms with E-state index in [2.05, 4.69) is 4.90 Å². The van der Waals surface area contributed by atoms with Crippen LogP contribution >= 0.6 is 0 Å². The minimum absolute atomic E-state index is 0.183. The fraction of sp³-hybridized carbons (Fsp3) is 0.214. The lowest BCUT2D eigenvalue weighted by Crippen LogP contribution is -2.36. The average Bonchev–Trinajstić information content (AvgIpc) is 3.25. The van der Waals surface area contributed by atoms with Crippen molar-refractivity contribution in [1.82, 2.24) is 0 Å². The third-order valence-electron chi connectivity index (χ3n) is 6.09. The molecule has 0 bridgehead atoms. The van der Waals surface area contributed by atoms with E-state index in [0.717, 1.165) is 48.8 Å². The summed E-state index contributed by atoms with van der Waals surface area (Å²) >= 11 is 0. The van der Waals surface area contributed by atoms with Crippen molar-refractivity contribution >= 4 is 29.2 Å². The third-order valence-corrected chi connectivity index (χ3v) is 6.09. The molecule has 2 heterocycles. The number of nitrogens with zero attached hydrogens (tertiary/aromatic N) is 3. The molecule has 0 aliphatic carbocycles. The molecule has 0 atom stereocenters. The van der Waals surface area contributed by atoms with E-state index in [-0.39, 0.29) is 5.91 Å². The predicted octanol–water partition coefficient (Wildman–Crippen LogP) is 4.37. The molecule has 2 aliphatic heterocycles. The number of amides is 1. The van der Waals surface area contributed by atoms with E-state index in [9.17, 15) is 4.79 Å². The minimum atomic E-state index is -0.183. The third kappa shape index (κ3) is 4.63. The Morgan fingerprint density at radius 1 is 0.857 bits per heavy atom. The van der Waals surface area contributed by atoms with Gasteiger partial charge in [-0.15, -0.1) is 0 Å². The normalized spacial score (nSPS) is 17.0. The molecular weight excluding hydrogens is 442 g/mol. The van der Waals surface area contributed by atoms with Gasteiger partial charge in [0.15, 0.2) is 11.5 Å². The van der Waals surface area contributed by atoms with E-state index in [4.69, 9.17) is 19.2 Å². The Hall–Kier alpha value is -4.10. The van der Waals surface area contributed by atoms with Crippen LogP contribution in [-0.4, -0.2) is 52.3 Å². The van der Waals surface area contributed by atoms with Gasteiger partial charge in [0, 0.05) is 24.3 Å². The topological polar surface area (TPSA) is 63.6 Å². The van der Waals surface area contributed by atoms with Gasteiger partial charge in [-0.3, -0.25) is 9.69 Å². The summed E-state index contributed by atoms with van der Waals surface area (Å²) in [6.45, 7) is 3.16. The highest BCUT2D eigenvalue weighted by atomic mass is 16.5. The summed E-state index contributed by atoms with van der Waals surface area (Å²) in [7, 11) is 3.18. The molecule has 178 valence electrons. The monoisotopic (exact) mass is 469 g/mol. The summed E-state index contributed by atoms with van der Waals surface area (Å²) in [5.41, 5.74) is 3.90. The van der Waals surface area contributed by atoms with Crippen molar-refractivity contribution < 1.29 is 19.0 Å². The van der Waals surface area contributed by atoms with Crippen molar-refractivity contribution in [3.63, 3.8) is 0 Å². The fourth-order valence-electron chi connectivity index (χ4n) is 4.27. The number of amidine groups is 1. The Morgan fingerprint density at radius 3 is 2.23 bits per heavy atom. The number of hydrogen-bond acceptors (Lipinski definition) is 6. The molecule has 1 fully saturated rings. The smallest absolute Gasteiger partial charge is 0.282 e. The van der Waals surface area contributed by atoms with E-state index in [1.165, 1.54) is 0 Å². The number of ether oxygens (including phenoxy) is 3. The second-order valence-corrected chi connectivity index (χ2v) is 8.20. The molecule has 0 spiro atoms. The second-order valence-electron chi connectivity index (χ2n) is 8.20. The first-order valence-corrected chi connectivity index (χ1v) is 11.5. The summed E-state index contributed by atoms with van der Waals surface area (Å²) in [6.07, 6.45) is 1.77. The Morgan fingerprint density at radius 2 is 1.54 bits per heavy atom. The molecule has 1 saturated heterocycles. The number of carbonyl (C=O) groups is 1. The van der Waals surface area contributed by atoms with Gasteiger partial charge in [0.25, 0.3) is 5.91 Å². The minimum Gasteiger partial charge on any atom is -0.493 e. The highest BCUT2D eigenvalue weighted by Crippen LogP contribution is 2.32. The molecule has 2 aliphatic rings. The molecule has 3 aromatic carbocycles. The maximum Gasteiger partial charge on any atom is 0.282 e. The number of methoxy groups -OCH3 is 2. The number of hydrogen-bond donors (Lipinski definition) is 0. The van der Waals surface area contributed by atoms with Crippen LogP contribution < -0.4 is 19.3 Å². The van der Waals surface area contributed by atoms with Gasteiger partial charge in [-0.1, -0.05) is 36.4 Å². The van der Waals surface area contributed by atoms with Crippen LogP contribution in [0, 0.1) is 0 Å². The van der Waals surface area contributed by atoms with Gasteiger partial charge in [-0.25, -0.2) is 4.99 Å². The summed E-state index contributed by atoms with van der Waals surface area (Å²) in [4.78, 5) is 22.3. The van der Waals surface area contributed by atoms with Gasteiger partial charge in [-0.2, -0.15) is 0 Å². The van der Waals surface area contributed by atoms with Gasteiger partial charge >= 0.3 is 0 Å². The van der Waals surface area contributed by atoms with E-state index >= 15 is 0 Å². The molecule has 0 N–H and O–H groups in total. The van der Waals surface area contributed by atoms with Gasteiger partial charge < -0.3 is 19.1 Å². The fourth-order valence-corrected chi connectivity index (χ4v) is 4.27. The maximum absolute atomic E-state index is 13.6. The number of carbonyl (C=O) groups excluding carboxylic acids is 1. The zero-order valence-electron chi connectivity index (χ0n) is 19.8. The molecule has 1 amide bonds. The average molecular weight is 470 g/mol. The van der Waals surface area contributed by atoms with E-state index in [1.807, 2.05) is 72.8 Å². The van der Waals surface area contributed by atoms with Crippen LogP contribution in [0.3, 0.4) is 0 Å². The van der Waals surface area contributed by atoms with E-state index < -0.39 is 0 Å². The quantitative estimate of drug-likeness (QED) is 0.502. The highest BCUT2D eigenvalue weighted by Gasteiger charge is 2.32. The lowest BCUT2D eigenvalue weighted by atomic mass is 10.1. The lowest BCUT2D eigenvalue weighted by Gasteiger charge is -2.29. The molecule has 5 rings (SSSR count). The van der Waals surface area contributed by atoms with E-state index in [1.54, 1.807) is 25.2 Å². The Balaban J connectivity index is 1.51. The van der Waals surface area contributed by atoms with Crippen LogP contribution in [0.5, 0.6) is 11.5 Å². The summed E-state index contributed by atoms with van der Waals surface area (Å²) in [6, 6.07) is 23.3. The van der Waals surface area contributed by atoms with Gasteiger partial charge in [0.2, 0.25) is 0 Å². The van der Waals surface area contributed by atoms with Crippen molar-refractivity contribution in [3.8, 4) is 11.5 Å². The molecule has 7 heteroatoms. The van der Waals surface area contributed by atoms with Crippen molar-refractivity contribution in [1.29, 1.82) is 0 Å². The van der Waals surface area contributed by atoms with Crippen molar-refractivity contribution in [3.05, 3.63) is 89.6 Å². The lowest BCUT2D eigenvalue weighted by molar-refractivity contribution is -0.113. The number of morpholine rings is 1. The van der Waals surface area contributed by atoms with Crippen LogP contribution in [-0.2, 0) is 9.53 Å². The molecule has 0 saturated carbocycles. The van der Waals surface area contributed by atoms with Crippen LogP contribution in [0.1, 0.15) is 11.1 Å². The summed E-state index contributed by atoms with van der Waals surface area (Å²) < 4.78 is 16.2. The molecule has 0 radical (unpaired) electrons. The first-order valence-electron chi connectivity index (χ1n) is 11.5. The first-order chi connectivity index (χ1) is 17.2. The van der Waals surface area contributed by atoms with E-state index in [0.29, 0.717) is 23.0 Å². The van der Waals surface area contributed by atoms with Gasteiger partial charge in [0.1, 0.15) is 11.5 Å². The zero-order chi connectivity index (χ0) is 24.2. The Labute approximate surface area is 204 Å². The van der Waals surface area contributed by atoms with Crippen LogP contribution in [0.15, 0.2) is 83.5 Å². The Kier molecular flexibility index (Phi) is 6.50. The molecule has 0 unspecified atom stereocenters. The zero-order valence-corrected chi connectivity index (χ0v) is 19.8. The Bertz CT molecular complexity index is 1260. The van der Waals surface area contributed by atoms with Gasteiger partial charge in [-0.05, 0) is 48.0 Å². The SMILES string of the molecule is COc1ccc(/C=C2\N=C(c3ccccc3)N(c3ccc(N4CCOCC4)cc3)C2=O)cc1OC. The number of benzene rings is 3. The molecular formula is C28H27N3O4. The van der Waals surface area contributed by atoms with Gasteiger partial charge in [0.05, 0.1) is 33.1 Å². The van der Waals surface area contributed by atoms with Crippen molar-refractivity contribution in [2.24, 2.45) is 4.99 Å². The maximum atomic E-state index is 13.6. The summed E-state index contributed by atoms with van der Waals surface area (Å²) in [5, 5.41) is 0. The molecule has 0 aromatic heterocycles. The van der Waals surface area contributed by atoms with Crippen LogP contribution in [0.4, 0.5) is 11.4 Å². The largest absolute Gasteiger partial charge is 0.493 e. The number of aliphatic imine (C=N–C) groups is 1. The van der Waals surface area contributed by atoms with Crippen LogP contribution in [0.25, 0.3) is 6.08 Å². The second kappa shape index (κ2) is 10.0. The predicted molar refractivity (Wildman–Crippen MR) is 137 cm³/mol. The standard InChI is InChI=1S/C28H27N3O4/c1-33-25-13-8-20(19-26(25)34-2)18-24-28(32)31(27(29-24)21-6-4-3-5-7-21)23-11-9-22(10-12-23)30-14-16-35-17-15-30/h3-13,18-19H,14-17H2,1-2H3/b24-18-. The van der Waals surface area contributed by atoms with Crippen molar-refractivity contribution in [2.75, 3.05) is 50.3 Å². The first kappa shape index (κ1) is 22.7. The summed E-state index contributed by atoms with van der Waals surface area (Å²) in [5.74, 6) is 1.64. The van der Waals surface area contributed by atoms with Crippen LogP contribution in [0.2, 0.25) is 0 Å². The number of anilines is 2. The van der Waals surface area contributed by atoms with Crippen molar-refractivity contribution in [2.45, 2.75) is 0 Å². The molecule has 35 heavy (non-hydrogen) atoms. The molecule has 7 nitrogen and oxygen atoms in total. The molecule has 3 aromatic rings. The highest BCUT2D eigenvalue weighted by molar-refractivity contribution is 6.33. The number of rotatable bonds is 6.